The number of amides is 2. The van der Waals surface area contributed by atoms with E-state index in [1.165, 1.54) is 19.3 Å². The van der Waals surface area contributed by atoms with Gasteiger partial charge in [0, 0.05) is 18.3 Å². The largest absolute Gasteiger partial charge is 0.355 e. The summed E-state index contributed by atoms with van der Waals surface area (Å²) >= 11 is 0. The summed E-state index contributed by atoms with van der Waals surface area (Å²) in [6.45, 7) is 0. The first kappa shape index (κ1) is 14.7. The Hall–Kier alpha value is -1.84. The molecule has 4 heteroatoms. The van der Waals surface area contributed by atoms with Gasteiger partial charge < -0.3 is 10.6 Å². The minimum Gasteiger partial charge on any atom is -0.355 e. The second kappa shape index (κ2) is 5.36. The van der Waals surface area contributed by atoms with Crippen LogP contribution >= 0.6 is 0 Å². The third-order valence-electron chi connectivity index (χ3n) is 6.13. The summed E-state index contributed by atoms with van der Waals surface area (Å²) in [7, 11) is 1.61. The van der Waals surface area contributed by atoms with E-state index in [4.69, 9.17) is 0 Å². The second-order valence-electron chi connectivity index (χ2n) is 7.81. The molecule has 0 atom stereocenters. The van der Waals surface area contributed by atoms with Crippen molar-refractivity contribution in [2.75, 3.05) is 12.4 Å². The predicted octanol–water partition coefficient (Wildman–Crippen LogP) is 3.20. The Labute approximate surface area is 137 Å². The van der Waals surface area contributed by atoms with Crippen LogP contribution in [0.2, 0.25) is 0 Å². The van der Waals surface area contributed by atoms with Crippen molar-refractivity contribution in [2.24, 2.45) is 23.2 Å². The first-order valence-corrected chi connectivity index (χ1v) is 8.71. The van der Waals surface area contributed by atoms with Crippen molar-refractivity contribution in [3.63, 3.8) is 0 Å². The Morgan fingerprint density at radius 2 is 1.65 bits per heavy atom. The van der Waals surface area contributed by atoms with E-state index in [9.17, 15) is 9.59 Å². The maximum atomic E-state index is 13.0. The lowest BCUT2D eigenvalue weighted by Gasteiger charge is -2.55. The average Bonchev–Trinajstić information content (AvgIpc) is 2.53. The molecule has 4 aliphatic rings. The van der Waals surface area contributed by atoms with Gasteiger partial charge in [-0.3, -0.25) is 9.59 Å². The fraction of sp³-hybridized carbons (Fsp3) is 0.579. The van der Waals surface area contributed by atoms with Gasteiger partial charge in [-0.1, -0.05) is 6.07 Å². The first-order valence-electron chi connectivity index (χ1n) is 8.71. The Morgan fingerprint density at radius 1 is 1.04 bits per heavy atom. The molecule has 2 N–H and O–H groups in total. The molecule has 1 aromatic rings. The average molecular weight is 312 g/mol. The predicted molar refractivity (Wildman–Crippen MR) is 89.1 cm³/mol. The molecule has 4 fully saturated rings. The second-order valence-corrected chi connectivity index (χ2v) is 7.81. The number of benzene rings is 1. The van der Waals surface area contributed by atoms with Crippen molar-refractivity contribution >= 4 is 17.5 Å². The third kappa shape index (κ3) is 2.54. The highest BCUT2D eigenvalue weighted by molar-refractivity contribution is 5.98. The Balaban J connectivity index is 1.53. The highest BCUT2D eigenvalue weighted by Crippen LogP contribution is 2.60. The van der Waals surface area contributed by atoms with Gasteiger partial charge in [-0.2, -0.15) is 0 Å². The zero-order valence-electron chi connectivity index (χ0n) is 13.6. The molecule has 0 unspecified atom stereocenters. The van der Waals surface area contributed by atoms with Crippen LogP contribution in [0.25, 0.3) is 0 Å². The van der Waals surface area contributed by atoms with Crippen LogP contribution in [0.15, 0.2) is 24.3 Å². The van der Waals surface area contributed by atoms with Gasteiger partial charge in [-0.25, -0.2) is 0 Å². The standard InChI is InChI=1S/C19H24N2O2/c1-20-17(22)15-3-2-4-16(8-15)21-18(23)19-9-12-5-13(10-19)7-14(6-12)11-19/h2-4,8,12-14H,5-7,9-11H2,1H3,(H,20,22)(H,21,23). The topological polar surface area (TPSA) is 58.2 Å². The van der Waals surface area contributed by atoms with Crippen molar-refractivity contribution < 1.29 is 9.59 Å². The molecule has 0 saturated heterocycles. The molecule has 122 valence electrons. The summed E-state index contributed by atoms with van der Waals surface area (Å²) in [5.41, 5.74) is 1.15. The minimum absolute atomic E-state index is 0.129. The normalized spacial score (nSPS) is 34.2. The maximum Gasteiger partial charge on any atom is 0.251 e. The quantitative estimate of drug-likeness (QED) is 0.900. The van der Waals surface area contributed by atoms with Gasteiger partial charge in [0.1, 0.15) is 0 Å². The van der Waals surface area contributed by atoms with Gasteiger partial charge in [0.15, 0.2) is 0 Å². The molecule has 0 radical (unpaired) electrons. The Morgan fingerprint density at radius 3 is 2.22 bits per heavy atom. The van der Waals surface area contributed by atoms with E-state index >= 15 is 0 Å². The van der Waals surface area contributed by atoms with E-state index in [0.29, 0.717) is 5.56 Å². The molecule has 4 bridgehead atoms. The molecule has 0 spiro atoms. The molecular weight excluding hydrogens is 288 g/mol. The van der Waals surface area contributed by atoms with Crippen LogP contribution in [-0.4, -0.2) is 18.9 Å². The van der Waals surface area contributed by atoms with E-state index in [1.807, 2.05) is 12.1 Å². The molecule has 1 aromatic carbocycles. The molecule has 0 aromatic heterocycles. The number of hydrogen-bond acceptors (Lipinski definition) is 2. The van der Waals surface area contributed by atoms with Crippen molar-refractivity contribution in [1.82, 2.24) is 5.32 Å². The van der Waals surface area contributed by atoms with Crippen molar-refractivity contribution in [3.8, 4) is 0 Å². The fourth-order valence-corrected chi connectivity index (χ4v) is 5.53. The van der Waals surface area contributed by atoms with Crippen LogP contribution in [0.4, 0.5) is 5.69 Å². The summed E-state index contributed by atoms with van der Waals surface area (Å²) in [5, 5.41) is 5.72. The number of carbonyl (C=O) groups is 2. The third-order valence-corrected chi connectivity index (χ3v) is 6.13. The summed E-state index contributed by atoms with van der Waals surface area (Å²) in [6, 6.07) is 7.21. The van der Waals surface area contributed by atoms with Crippen LogP contribution in [0.5, 0.6) is 0 Å². The number of rotatable bonds is 3. The molecule has 2 amide bonds. The van der Waals surface area contributed by atoms with Gasteiger partial charge in [0.2, 0.25) is 5.91 Å². The number of nitrogens with one attached hydrogen (secondary N) is 2. The van der Waals surface area contributed by atoms with E-state index in [2.05, 4.69) is 10.6 Å². The van der Waals surface area contributed by atoms with Gasteiger partial charge in [-0.15, -0.1) is 0 Å². The lowest BCUT2D eigenvalue weighted by atomic mass is 9.49. The summed E-state index contributed by atoms with van der Waals surface area (Å²) < 4.78 is 0. The Bertz CT molecular complexity index is 617. The van der Waals surface area contributed by atoms with E-state index in [-0.39, 0.29) is 17.2 Å². The molecule has 23 heavy (non-hydrogen) atoms. The highest BCUT2D eigenvalue weighted by atomic mass is 16.2. The summed E-state index contributed by atoms with van der Waals surface area (Å²) in [5.74, 6) is 2.30. The maximum absolute atomic E-state index is 13.0. The van der Waals surface area contributed by atoms with Gasteiger partial charge in [0.05, 0.1) is 5.41 Å². The Kier molecular flexibility index (Phi) is 3.43. The molecule has 4 nitrogen and oxygen atoms in total. The number of carbonyl (C=O) groups excluding carboxylic acids is 2. The summed E-state index contributed by atoms with van der Waals surface area (Å²) in [4.78, 5) is 24.8. The highest BCUT2D eigenvalue weighted by Gasteiger charge is 2.54. The first-order chi connectivity index (χ1) is 11.1. The van der Waals surface area contributed by atoms with Crippen molar-refractivity contribution in [3.05, 3.63) is 29.8 Å². The SMILES string of the molecule is CNC(=O)c1cccc(NC(=O)C23CC4CC(CC(C4)C2)C3)c1. The van der Waals surface area contributed by atoms with Crippen LogP contribution in [0.1, 0.15) is 48.9 Å². The monoisotopic (exact) mass is 312 g/mol. The van der Waals surface area contributed by atoms with E-state index in [0.717, 1.165) is 42.7 Å². The van der Waals surface area contributed by atoms with Crippen LogP contribution in [0, 0.1) is 23.2 Å². The van der Waals surface area contributed by atoms with Crippen LogP contribution in [0.3, 0.4) is 0 Å². The zero-order chi connectivity index (χ0) is 16.0. The molecule has 4 aliphatic carbocycles. The van der Waals surface area contributed by atoms with Crippen molar-refractivity contribution in [1.29, 1.82) is 0 Å². The lowest BCUT2D eigenvalue weighted by molar-refractivity contribution is -0.140. The molecule has 5 rings (SSSR count). The van der Waals surface area contributed by atoms with Crippen LogP contribution in [-0.2, 0) is 4.79 Å². The minimum atomic E-state index is -0.155. The lowest BCUT2D eigenvalue weighted by Crippen LogP contribution is -2.51. The van der Waals surface area contributed by atoms with Crippen LogP contribution < -0.4 is 10.6 Å². The van der Waals surface area contributed by atoms with Gasteiger partial charge >= 0.3 is 0 Å². The molecule has 0 heterocycles. The van der Waals surface area contributed by atoms with E-state index in [1.54, 1.807) is 19.2 Å². The van der Waals surface area contributed by atoms with E-state index < -0.39 is 0 Å². The molecular formula is C19H24N2O2. The summed E-state index contributed by atoms with van der Waals surface area (Å²) in [6.07, 6.45) is 7.16. The zero-order valence-corrected chi connectivity index (χ0v) is 13.6. The number of hydrogen-bond donors (Lipinski definition) is 2. The molecule has 0 aliphatic heterocycles. The smallest absolute Gasteiger partial charge is 0.251 e. The fourth-order valence-electron chi connectivity index (χ4n) is 5.53. The van der Waals surface area contributed by atoms with Crippen molar-refractivity contribution in [2.45, 2.75) is 38.5 Å². The van der Waals surface area contributed by atoms with Gasteiger partial charge in [0.25, 0.3) is 5.91 Å². The van der Waals surface area contributed by atoms with Gasteiger partial charge in [-0.05, 0) is 74.5 Å². The molecule has 4 saturated carbocycles. The number of anilines is 1.